The second-order valence-corrected chi connectivity index (χ2v) is 14.0. The Hall–Kier alpha value is -0.930. The van der Waals surface area contributed by atoms with E-state index in [2.05, 4.69) is 53.7 Å². The van der Waals surface area contributed by atoms with Crippen LogP contribution in [0.3, 0.4) is 0 Å². The van der Waals surface area contributed by atoms with Crippen LogP contribution in [0.5, 0.6) is 0 Å². The lowest BCUT2D eigenvalue weighted by atomic mass is 9.41. The van der Waals surface area contributed by atoms with Crippen molar-refractivity contribution in [2.75, 3.05) is 0 Å². The van der Waals surface area contributed by atoms with Gasteiger partial charge in [-0.1, -0.05) is 65.3 Å². The number of aliphatic hydroxyl groups is 2. The van der Waals surface area contributed by atoms with Crippen molar-refractivity contribution in [2.24, 2.45) is 45.3 Å². The van der Waals surface area contributed by atoms with Crippen LogP contribution in [0.2, 0.25) is 0 Å². The molecule has 3 saturated carbocycles. The first-order valence-electron chi connectivity index (χ1n) is 13.4. The van der Waals surface area contributed by atoms with Gasteiger partial charge in [-0.3, -0.25) is 4.79 Å². The smallest absolute Gasteiger partial charge is 0.138 e. The van der Waals surface area contributed by atoms with Gasteiger partial charge in [0.15, 0.2) is 0 Å². The molecule has 4 aliphatic carbocycles. The summed E-state index contributed by atoms with van der Waals surface area (Å²) in [5, 5.41) is 21.5. The van der Waals surface area contributed by atoms with E-state index in [1.165, 1.54) is 6.42 Å². The van der Waals surface area contributed by atoms with Crippen molar-refractivity contribution in [1.82, 2.24) is 0 Å². The molecule has 0 saturated heterocycles. The SMILES string of the molecule is C[C@H](C/C=C/C(C)(C)O)[C@H]1[C@@H](O)C[C@]2(C)C3=CC[C@H]4C(C)(C)C(=O)CC[C@]4(C)[C@H]3CC[C@@]12C. The van der Waals surface area contributed by atoms with E-state index in [0.717, 1.165) is 32.1 Å². The molecule has 0 aromatic heterocycles. The van der Waals surface area contributed by atoms with Gasteiger partial charge in [0.25, 0.3) is 0 Å². The molecule has 2 N–H and O–H groups in total. The minimum absolute atomic E-state index is 0.00774. The Balaban J connectivity index is 1.66. The molecular weight excluding hydrogens is 408 g/mol. The number of fused-ring (bicyclic) bond motifs is 5. The van der Waals surface area contributed by atoms with Crippen molar-refractivity contribution in [2.45, 2.75) is 112 Å². The van der Waals surface area contributed by atoms with Crippen molar-refractivity contribution in [1.29, 1.82) is 0 Å². The Morgan fingerprint density at radius 2 is 1.85 bits per heavy atom. The van der Waals surface area contributed by atoms with Crippen LogP contribution in [0.25, 0.3) is 0 Å². The highest BCUT2D eigenvalue weighted by Gasteiger charge is 2.67. The van der Waals surface area contributed by atoms with Crippen molar-refractivity contribution in [3.05, 3.63) is 23.8 Å². The first kappa shape index (κ1) is 25.2. The lowest BCUT2D eigenvalue weighted by molar-refractivity contribution is -0.146. The van der Waals surface area contributed by atoms with Gasteiger partial charge in [-0.2, -0.15) is 0 Å². The van der Waals surface area contributed by atoms with Crippen LogP contribution in [-0.2, 0) is 4.79 Å². The number of carbonyl (C=O) groups is 1. The monoisotopic (exact) mass is 456 g/mol. The molecule has 186 valence electrons. The van der Waals surface area contributed by atoms with E-state index in [0.29, 0.717) is 30.0 Å². The van der Waals surface area contributed by atoms with E-state index in [4.69, 9.17) is 0 Å². The maximum Gasteiger partial charge on any atom is 0.138 e. The number of hydrogen-bond donors (Lipinski definition) is 2. The highest BCUT2D eigenvalue weighted by molar-refractivity contribution is 5.85. The van der Waals surface area contributed by atoms with Crippen LogP contribution in [0.1, 0.15) is 100 Å². The number of allylic oxidation sites excluding steroid dienone is 3. The highest BCUT2D eigenvalue weighted by Crippen LogP contribution is 2.73. The summed E-state index contributed by atoms with van der Waals surface area (Å²) in [7, 11) is 0. The Morgan fingerprint density at radius 3 is 2.48 bits per heavy atom. The van der Waals surface area contributed by atoms with Crippen LogP contribution in [0.4, 0.5) is 0 Å². The van der Waals surface area contributed by atoms with E-state index >= 15 is 0 Å². The zero-order valence-corrected chi connectivity index (χ0v) is 22.4. The predicted molar refractivity (Wildman–Crippen MR) is 135 cm³/mol. The van der Waals surface area contributed by atoms with Crippen LogP contribution in [0.15, 0.2) is 23.8 Å². The lowest BCUT2D eigenvalue weighted by Gasteiger charge is -2.63. The molecule has 0 bridgehead atoms. The Labute approximate surface area is 202 Å². The second kappa shape index (κ2) is 7.79. The third-order valence-corrected chi connectivity index (χ3v) is 11.3. The summed E-state index contributed by atoms with van der Waals surface area (Å²) in [5.41, 5.74) is 0.818. The summed E-state index contributed by atoms with van der Waals surface area (Å²) >= 11 is 0. The van der Waals surface area contributed by atoms with E-state index in [-0.39, 0.29) is 33.7 Å². The number of hydrogen-bond acceptors (Lipinski definition) is 3. The summed E-state index contributed by atoms with van der Waals surface area (Å²) in [5.74, 6) is 2.00. The van der Waals surface area contributed by atoms with Crippen molar-refractivity contribution < 1.29 is 15.0 Å². The fraction of sp³-hybridized carbons (Fsp3) is 0.833. The summed E-state index contributed by atoms with van der Waals surface area (Å²) in [4.78, 5) is 12.8. The molecule has 0 heterocycles. The third kappa shape index (κ3) is 3.63. The van der Waals surface area contributed by atoms with Crippen LogP contribution in [-0.4, -0.2) is 27.7 Å². The Kier molecular flexibility index (Phi) is 5.94. The van der Waals surface area contributed by atoms with Crippen molar-refractivity contribution >= 4 is 5.78 Å². The lowest BCUT2D eigenvalue weighted by Crippen LogP contribution is -2.57. The second-order valence-electron chi connectivity index (χ2n) is 14.0. The standard InChI is InChI=1S/C30H48O3/c1-19(10-9-15-26(2,3)33)25-22(31)18-30(8)21-11-12-23-27(4,5)24(32)14-16-28(23,6)20(21)13-17-29(25,30)7/h9,11,15,19-20,22-23,25,31,33H,10,12-14,16-18H2,1-8H3/b15-9+/t19-,20+,22+,23+,25+,28-,29+,30-/m1/s1. The average molecular weight is 457 g/mol. The zero-order chi connectivity index (χ0) is 24.6. The van der Waals surface area contributed by atoms with E-state index in [1.807, 2.05) is 19.9 Å². The maximum atomic E-state index is 12.8. The van der Waals surface area contributed by atoms with Gasteiger partial charge in [0.1, 0.15) is 5.78 Å². The van der Waals surface area contributed by atoms with Gasteiger partial charge in [-0.05, 0) is 92.3 Å². The molecule has 0 amide bonds. The molecule has 0 aromatic carbocycles. The number of carbonyl (C=O) groups excluding carboxylic acids is 1. The first-order valence-corrected chi connectivity index (χ1v) is 13.4. The van der Waals surface area contributed by atoms with Crippen LogP contribution in [0, 0.1) is 45.3 Å². The summed E-state index contributed by atoms with van der Waals surface area (Å²) in [6, 6.07) is 0. The molecule has 33 heavy (non-hydrogen) atoms. The van der Waals surface area contributed by atoms with Gasteiger partial charge < -0.3 is 10.2 Å². The van der Waals surface area contributed by atoms with Gasteiger partial charge >= 0.3 is 0 Å². The zero-order valence-electron chi connectivity index (χ0n) is 22.4. The summed E-state index contributed by atoms with van der Waals surface area (Å²) in [6.45, 7) is 17.6. The number of aliphatic hydroxyl groups excluding tert-OH is 1. The van der Waals surface area contributed by atoms with Crippen molar-refractivity contribution in [3.8, 4) is 0 Å². The third-order valence-electron chi connectivity index (χ3n) is 11.3. The summed E-state index contributed by atoms with van der Waals surface area (Å²) in [6.07, 6.45) is 13.0. The van der Waals surface area contributed by atoms with Gasteiger partial charge in [0.05, 0.1) is 11.7 Å². The fourth-order valence-corrected chi connectivity index (χ4v) is 9.35. The number of ketones is 1. The molecule has 4 aliphatic rings. The molecule has 3 fully saturated rings. The highest BCUT2D eigenvalue weighted by atomic mass is 16.3. The molecular formula is C30H48O3. The fourth-order valence-electron chi connectivity index (χ4n) is 9.35. The van der Waals surface area contributed by atoms with E-state index < -0.39 is 5.60 Å². The molecule has 0 aliphatic heterocycles. The Morgan fingerprint density at radius 1 is 1.18 bits per heavy atom. The topological polar surface area (TPSA) is 57.5 Å². The van der Waals surface area contributed by atoms with Gasteiger partial charge in [0, 0.05) is 11.8 Å². The van der Waals surface area contributed by atoms with Crippen LogP contribution >= 0.6 is 0 Å². The molecule has 0 aromatic rings. The van der Waals surface area contributed by atoms with E-state index in [9.17, 15) is 15.0 Å². The quantitative estimate of drug-likeness (QED) is 0.476. The van der Waals surface area contributed by atoms with Gasteiger partial charge in [-0.25, -0.2) is 0 Å². The molecule has 0 spiro atoms. The van der Waals surface area contributed by atoms with Gasteiger partial charge in [-0.15, -0.1) is 0 Å². The molecule has 3 heteroatoms. The van der Waals surface area contributed by atoms with E-state index in [1.54, 1.807) is 5.57 Å². The Bertz CT molecular complexity index is 860. The van der Waals surface area contributed by atoms with Gasteiger partial charge in [0.2, 0.25) is 0 Å². The molecule has 0 radical (unpaired) electrons. The minimum Gasteiger partial charge on any atom is -0.393 e. The minimum atomic E-state index is -0.793. The number of Topliss-reactive ketones (excluding diaryl/α,β-unsaturated/α-hetero) is 1. The first-order chi connectivity index (χ1) is 15.1. The predicted octanol–water partition coefficient (Wildman–Crippen LogP) is 6.48. The molecule has 3 nitrogen and oxygen atoms in total. The maximum absolute atomic E-state index is 12.8. The normalized spacial score (nSPS) is 45.9. The van der Waals surface area contributed by atoms with Crippen LogP contribution < -0.4 is 0 Å². The summed E-state index contributed by atoms with van der Waals surface area (Å²) < 4.78 is 0. The molecule has 0 unspecified atom stereocenters. The van der Waals surface area contributed by atoms with Crippen molar-refractivity contribution in [3.63, 3.8) is 0 Å². The number of rotatable bonds is 4. The molecule has 8 atom stereocenters. The average Bonchev–Trinajstić information content (AvgIpc) is 2.89. The largest absolute Gasteiger partial charge is 0.393 e. The molecule has 4 rings (SSSR count).